The standard InChI is InChI=1S/C24H24N6O/c1-31-23-9-17-4-5-26-12-20(17)8-22(23)30-24-28-14-18-3-2-16(7-21(18)29-24)19-6-15(10-25)11-27-13-19/h2-3,6-9,11,13-14,26H,4-5,10,12,25H2,1H3,(H,28,29,30). The topological polar surface area (TPSA) is 98.0 Å². The van der Waals surface area contributed by atoms with Crippen LogP contribution in [0.1, 0.15) is 16.7 Å². The highest BCUT2D eigenvalue weighted by Gasteiger charge is 2.15. The molecule has 0 amide bonds. The first-order chi connectivity index (χ1) is 15.2. The summed E-state index contributed by atoms with van der Waals surface area (Å²) in [7, 11) is 1.69. The first kappa shape index (κ1) is 19.4. The smallest absolute Gasteiger partial charge is 0.227 e. The molecule has 2 aromatic carbocycles. The molecular formula is C24H24N6O. The van der Waals surface area contributed by atoms with Gasteiger partial charge in [-0.2, -0.15) is 0 Å². The van der Waals surface area contributed by atoms with E-state index in [1.165, 1.54) is 11.1 Å². The van der Waals surface area contributed by atoms with E-state index < -0.39 is 0 Å². The average Bonchev–Trinajstić information content (AvgIpc) is 2.83. The van der Waals surface area contributed by atoms with Gasteiger partial charge in [-0.1, -0.05) is 12.1 Å². The number of pyridine rings is 1. The molecule has 4 N–H and O–H groups in total. The van der Waals surface area contributed by atoms with E-state index in [2.05, 4.69) is 44.9 Å². The summed E-state index contributed by atoms with van der Waals surface area (Å²) in [5.74, 6) is 1.32. The minimum Gasteiger partial charge on any atom is -0.495 e. The SMILES string of the molecule is COc1cc2c(cc1Nc1ncc3ccc(-c4cncc(CN)c4)cc3n1)CNCC2. The fourth-order valence-electron chi connectivity index (χ4n) is 3.92. The van der Waals surface area contributed by atoms with Crippen LogP contribution in [0.25, 0.3) is 22.0 Å². The molecule has 3 heterocycles. The molecule has 0 saturated heterocycles. The minimum atomic E-state index is 0.461. The van der Waals surface area contributed by atoms with Crippen LogP contribution in [-0.4, -0.2) is 28.6 Å². The molecule has 0 unspecified atom stereocenters. The Labute approximate surface area is 180 Å². The number of hydrogen-bond donors (Lipinski definition) is 3. The van der Waals surface area contributed by atoms with E-state index in [1.54, 1.807) is 13.3 Å². The Bertz CT molecular complexity index is 1260. The predicted octanol–water partition coefficient (Wildman–Crippen LogP) is 3.55. The van der Waals surface area contributed by atoms with Crippen molar-refractivity contribution >= 4 is 22.5 Å². The number of benzene rings is 2. The summed E-state index contributed by atoms with van der Waals surface area (Å²) in [6.45, 7) is 2.30. The Kier molecular flexibility index (Phi) is 5.19. The lowest BCUT2D eigenvalue weighted by Crippen LogP contribution is -2.23. The molecule has 1 aliphatic rings. The maximum absolute atomic E-state index is 5.76. The van der Waals surface area contributed by atoms with Crippen molar-refractivity contribution in [2.45, 2.75) is 19.5 Å². The van der Waals surface area contributed by atoms with Crippen molar-refractivity contribution in [3.63, 3.8) is 0 Å². The highest BCUT2D eigenvalue weighted by Crippen LogP contribution is 2.32. The molecule has 0 fully saturated rings. The van der Waals surface area contributed by atoms with Gasteiger partial charge >= 0.3 is 0 Å². The van der Waals surface area contributed by atoms with Crippen LogP contribution in [0.2, 0.25) is 0 Å². The maximum atomic E-state index is 5.76. The number of nitrogens with zero attached hydrogens (tertiary/aromatic N) is 3. The monoisotopic (exact) mass is 412 g/mol. The predicted molar refractivity (Wildman–Crippen MR) is 122 cm³/mol. The largest absolute Gasteiger partial charge is 0.495 e. The number of anilines is 2. The molecule has 0 aliphatic carbocycles. The maximum Gasteiger partial charge on any atom is 0.227 e. The molecule has 156 valence electrons. The molecule has 2 aromatic heterocycles. The van der Waals surface area contributed by atoms with Crippen LogP contribution in [0, 0.1) is 0 Å². The molecule has 0 spiro atoms. The Hall–Kier alpha value is -3.55. The second-order valence-electron chi connectivity index (χ2n) is 7.63. The van der Waals surface area contributed by atoms with Crippen LogP contribution in [0.4, 0.5) is 11.6 Å². The summed E-state index contributed by atoms with van der Waals surface area (Å²) >= 11 is 0. The van der Waals surface area contributed by atoms with Gasteiger partial charge in [0, 0.05) is 42.6 Å². The zero-order valence-electron chi connectivity index (χ0n) is 17.4. The Morgan fingerprint density at radius 2 is 2.00 bits per heavy atom. The van der Waals surface area contributed by atoms with Crippen LogP contribution >= 0.6 is 0 Å². The van der Waals surface area contributed by atoms with E-state index in [9.17, 15) is 0 Å². The lowest BCUT2D eigenvalue weighted by molar-refractivity contribution is 0.415. The highest BCUT2D eigenvalue weighted by molar-refractivity contribution is 5.84. The summed E-state index contributed by atoms with van der Waals surface area (Å²) < 4.78 is 5.61. The van der Waals surface area contributed by atoms with Crippen LogP contribution in [0.3, 0.4) is 0 Å². The third kappa shape index (κ3) is 3.93. The van der Waals surface area contributed by atoms with Crippen LogP contribution in [-0.2, 0) is 19.5 Å². The molecule has 0 atom stereocenters. The molecule has 5 rings (SSSR count). The molecule has 31 heavy (non-hydrogen) atoms. The lowest BCUT2D eigenvalue weighted by atomic mass is 10.00. The molecule has 0 saturated carbocycles. The van der Waals surface area contributed by atoms with Gasteiger partial charge in [0.15, 0.2) is 0 Å². The van der Waals surface area contributed by atoms with Crippen molar-refractivity contribution in [1.29, 1.82) is 0 Å². The van der Waals surface area contributed by atoms with E-state index in [-0.39, 0.29) is 0 Å². The van der Waals surface area contributed by atoms with E-state index in [0.717, 1.165) is 58.5 Å². The third-order valence-corrected chi connectivity index (χ3v) is 5.60. The normalized spacial score (nSPS) is 13.1. The summed E-state index contributed by atoms with van der Waals surface area (Å²) in [6.07, 6.45) is 6.46. The van der Waals surface area contributed by atoms with Gasteiger partial charge in [-0.15, -0.1) is 0 Å². The van der Waals surface area contributed by atoms with E-state index >= 15 is 0 Å². The van der Waals surface area contributed by atoms with Crippen LogP contribution in [0.15, 0.2) is 55.0 Å². The lowest BCUT2D eigenvalue weighted by Gasteiger charge is -2.20. The molecule has 0 radical (unpaired) electrons. The van der Waals surface area contributed by atoms with Crippen molar-refractivity contribution in [3.05, 3.63) is 71.7 Å². The molecule has 1 aliphatic heterocycles. The van der Waals surface area contributed by atoms with Crippen molar-refractivity contribution in [1.82, 2.24) is 20.3 Å². The highest BCUT2D eigenvalue weighted by atomic mass is 16.5. The summed E-state index contributed by atoms with van der Waals surface area (Å²) in [4.78, 5) is 13.5. The van der Waals surface area contributed by atoms with Gasteiger partial charge in [0.1, 0.15) is 5.75 Å². The summed E-state index contributed by atoms with van der Waals surface area (Å²) in [5.41, 5.74) is 13.1. The van der Waals surface area contributed by atoms with Crippen molar-refractivity contribution in [3.8, 4) is 16.9 Å². The zero-order chi connectivity index (χ0) is 21.2. The van der Waals surface area contributed by atoms with Crippen molar-refractivity contribution in [2.75, 3.05) is 19.0 Å². The number of nitrogens with one attached hydrogen (secondary N) is 2. The van der Waals surface area contributed by atoms with E-state index in [0.29, 0.717) is 12.5 Å². The zero-order valence-corrected chi connectivity index (χ0v) is 17.4. The van der Waals surface area contributed by atoms with Gasteiger partial charge in [-0.3, -0.25) is 4.98 Å². The first-order valence-electron chi connectivity index (χ1n) is 10.3. The minimum absolute atomic E-state index is 0.461. The fourth-order valence-corrected chi connectivity index (χ4v) is 3.92. The number of fused-ring (bicyclic) bond motifs is 2. The quantitative estimate of drug-likeness (QED) is 0.461. The van der Waals surface area contributed by atoms with Crippen molar-refractivity contribution in [2.24, 2.45) is 5.73 Å². The van der Waals surface area contributed by atoms with Crippen molar-refractivity contribution < 1.29 is 4.74 Å². The first-order valence-corrected chi connectivity index (χ1v) is 10.3. The molecule has 7 nitrogen and oxygen atoms in total. The Morgan fingerprint density at radius 3 is 2.87 bits per heavy atom. The third-order valence-electron chi connectivity index (χ3n) is 5.60. The van der Waals surface area contributed by atoms with Crippen LogP contribution < -0.4 is 21.1 Å². The van der Waals surface area contributed by atoms with Gasteiger partial charge in [0.05, 0.1) is 18.3 Å². The average molecular weight is 412 g/mol. The summed E-state index contributed by atoms with van der Waals surface area (Å²) in [6, 6.07) is 12.4. The number of aromatic nitrogens is 3. The molecule has 7 heteroatoms. The van der Waals surface area contributed by atoms with Gasteiger partial charge in [0.25, 0.3) is 0 Å². The molecular weight excluding hydrogens is 388 g/mol. The van der Waals surface area contributed by atoms with Gasteiger partial charge < -0.3 is 21.1 Å². The number of rotatable bonds is 5. The Morgan fingerprint density at radius 1 is 1.06 bits per heavy atom. The second kappa shape index (κ2) is 8.29. The second-order valence-corrected chi connectivity index (χ2v) is 7.63. The number of ether oxygens (including phenoxy) is 1. The fraction of sp³-hybridized carbons (Fsp3) is 0.208. The van der Waals surface area contributed by atoms with E-state index in [4.69, 9.17) is 15.5 Å². The van der Waals surface area contributed by atoms with Gasteiger partial charge in [-0.25, -0.2) is 9.97 Å². The van der Waals surface area contributed by atoms with E-state index in [1.807, 2.05) is 24.5 Å². The van der Waals surface area contributed by atoms with Gasteiger partial charge in [-0.05, 0) is 59.5 Å². The number of methoxy groups -OCH3 is 1. The molecule has 0 bridgehead atoms. The number of nitrogens with two attached hydrogens (primary N) is 1. The Balaban J connectivity index is 1.49. The summed E-state index contributed by atoms with van der Waals surface area (Å²) in [5, 5.41) is 7.72. The van der Waals surface area contributed by atoms with Crippen LogP contribution in [0.5, 0.6) is 5.75 Å². The van der Waals surface area contributed by atoms with Gasteiger partial charge in [0.2, 0.25) is 5.95 Å². The molecule has 4 aromatic rings. The number of hydrogen-bond acceptors (Lipinski definition) is 7.